The Morgan fingerprint density at radius 1 is 1.30 bits per heavy atom. The van der Waals surface area contributed by atoms with Crippen molar-refractivity contribution in [3.8, 4) is 0 Å². The highest BCUT2D eigenvalue weighted by molar-refractivity contribution is 8.00. The van der Waals surface area contributed by atoms with Gasteiger partial charge in [0.15, 0.2) is 0 Å². The summed E-state index contributed by atoms with van der Waals surface area (Å²) in [7, 11) is 0. The first-order valence-corrected chi connectivity index (χ1v) is 12.2. The molecule has 3 aromatic rings. The molecule has 3 heterocycles. The van der Waals surface area contributed by atoms with E-state index in [0.717, 1.165) is 35.6 Å². The Labute approximate surface area is 193 Å². The monoisotopic (exact) mass is 481 g/mol. The highest BCUT2D eigenvalue weighted by Gasteiger charge is 2.21. The van der Waals surface area contributed by atoms with E-state index in [0.29, 0.717) is 28.9 Å². The molecule has 1 amide bonds. The van der Waals surface area contributed by atoms with Crippen LogP contribution in [0, 0.1) is 0 Å². The van der Waals surface area contributed by atoms with Crippen LogP contribution in [0.3, 0.4) is 0 Å². The number of aromatic nitrogens is 1. The summed E-state index contributed by atoms with van der Waals surface area (Å²) < 4.78 is 7.01. The minimum absolute atomic E-state index is 0.0146. The minimum atomic E-state index is -0.0334. The number of benzene rings is 1. The van der Waals surface area contributed by atoms with Crippen molar-refractivity contribution in [2.75, 3.05) is 32.0 Å². The van der Waals surface area contributed by atoms with Crippen LogP contribution in [0.4, 0.5) is 0 Å². The molecule has 0 spiro atoms. The van der Waals surface area contributed by atoms with Gasteiger partial charge in [0.2, 0.25) is 5.91 Å². The highest BCUT2D eigenvalue weighted by Crippen LogP contribution is 2.29. The third kappa shape index (κ3) is 5.66. The lowest BCUT2D eigenvalue weighted by molar-refractivity contribution is -0.119. The maximum absolute atomic E-state index is 12.3. The number of amides is 1. The molecule has 1 atom stereocenters. The molecule has 1 unspecified atom stereocenters. The first kappa shape index (κ1) is 21.9. The van der Waals surface area contributed by atoms with Gasteiger partial charge in [-0.3, -0.25) is 9.69 Å². The van der Waals surface area contributed by atoms with Gasteiger partial charge in [-0.2, -0.15) is 0 Å². The molecule has 1 fully saturated rings. The number of nitrogens with zero attached hydrogens (tertiary/aromatic N) is 2. The fourth-order valence-electron chi connectivity index (χ4n) is 3.34. The summed E-state index contributed by atoms with van der Waals surface area (Å²) in [6.45, 7) is 3.51. The summed E-state index contributed by atoms with van der Waals surface area (Å²) in [4.78, 5) is 19.0. The van der Waals surface area contributed by atoms with Crippen LogP contribution in [-0.4, -0.2) is 53.9 Å². The normalized spacial score (nSPS) is 17.3. The van der Waals surface area contributed by atoms with Crippen molar-refractivity contribution < 1.29 is 9.53 Å². The van der Waals surface area contributed by atoms with Crippen molar-refractivity contribution in [1.82, 2.24) is 15.2 Å². The van der Waals surface area contributed by atoms with Crippen LogP contribution in [0.5, 0.6) is 0 Å². The van der Waals surface area contributed by atoms with E-state index in [-0.39, 0.29) is 12.0 Å². The second kappa shape index (κ2) is 10.3. The molecule has 2 aromatic heterocycles. The number of carbonyl (C=O) groups excluding carboxylic acids is 1. The summed E-state index contributed by atoms with van der Waals surface area (Å²) in [6, 6.07) is 9.75. The third-order valence-corrected chi connectivity index (χ3v) is 7.45. The molecule has 1 aliphatic rings. The minimum Gasteiger partial charge on any atom is -0.374 e. The van der Waals surface area contributed by atoms with Gasteiger partial charge >= 0.3 is 0 Å². The van der Waals surface area contributed by atoms with Crippen molar-refractivity contribution >= 4 is 62.3 Å². The molecule has 0 radical (unpaired) electrons. The molecule has 0 aliphatic carbocycles. The number of thioether (sulfide) groups is 1. The second-order valence-corrected chi connectivity index (χ2v) is 9.74. The number of ether oxygens (including phenoxy) is 1. The van der Waals surface area contributed by atoms with Gasteiger partial charge in [0.05, 0.1) is 28.5 Å². The fraction of sp³-hybridized carbons (Fsp3) is 0.333. The molecular weight excluding hydrogens is 461 g/mol. The highest BCUT2D eigenvalue weighted by atomic mass is 35.5. The van der Waals surface area contributed by atoms with E-state index in [2.05, 4.69) is 15.2 Å². The van der Waals surface area contributed by atoms with Gasteiger partial charge in [-0.05, 0) is 35.2 Å². The Morgan fingerprint density at radius 3 is 3.07 bits per heavy atom. The summed E-state index contributed by atoms with van der Waals surface area (Å²) in [5, 5.41) is 8.16. The lowest BCUT2D eigenvalue weighted by Gasteiger charge is -2.33. The average molecular weight is 482 g/mol. The van der Waals surface area contributed by atoms with Crippen LogP contribution in [0.25, 0.3) is 10.1 Å². The maximum atomic E-state index is 12.3. The van der Waals surface area contributed by atoms with Gasteiger partial charge in [-0.1, -0.05) is 41.0 Å². The largest absolute Gasteiger partial charge is 0.374 e. The first-order chi connectivity index (χ1) is 14.6. The SMILES string of the molecule is O=C(CSc1nccc2sccc12)NCC1CN(Cc2ccc(Cl)c(Cl)c2)CCO1. The van der Waals surface area contributed by atoms with E-state index < -0.39 is 0 Å². The van der Waals surface area contributed by atoms with E-state index in [1.54, 1.807) is 17.5 Å². The van der Waals surface area contributed by atoms with Gasteiger partial charge in [0, 0.05) is 42.5 Å². The Kier molecular flexibility index (Phi) is 7.51. The molecule has 9 heteroatoms. The number of nitrogens with one attached hydrogen (secondary N) is 1. The van der Waals surface area contributed by atoms with Crippen molar-refractivity contribution in [1.29, 1.82) is 0 Å². The summed E-state index contributed by atoms with van der Waals surface area (Å²) in [5.41, 5.74) is 1.11. The van der Waals surface area contributed by atoms with Crippen LogP contribution in [-0.2, 0) is 16.1 Å². The Hall–Kier alpha value is -1.35. The zero-order valence-corrected chi connectivity index (χ0v) is 19.3. The van der Waals surface area contributed by atoms with Gasteiger partial charge in [-0.15, -0.1) is 11.3 Å². The van der Waals surface area contributed by atoms with Crippen LogP contribution in [0.1, 0.15) is 5.56 Å². The summed E-state index contributed by atoms with van der Waals surface area (Å²) in [5.74, 6) is 0.320. The number of halogens is 2. The van der Waals surface area contributed by atoms with E-state index >= 15 is 0 Å². The number of hydrogen-bond acceptors (Lipinski definition) is 6. The summed E-state index contributed by atoms with van der Waals surface area (Å²) >= 11 is 15.3. The van der Waals surface area contributed by atoms with Crippen LogP contribution in [0.2, 0.25) is 10.0 Å². The Bertz CT molecular complexity index is 1030. The van der Waals surface area contributed by atoms with Crippen LogP contribution < -0.4 is 5.32 Å². The van der Waals surface area contributed by atoms with E-state index in [1.165, 1.54) is 16.5 Å². The van der Waals surface area contributed by atoms with Crippen molar-refractivity contribution in [2.45, 2.75) is 17.7 Å². The molecule has 1 aliphatic heterocycles. The average Bonchev–Trinajstić information content (AvgIpc) is 3.23. The number of carbonyl (C=O) groups is 1. The molecule has 30 heavy (non-hydrogen) atoms. The van der Waals surface area contributed by atoms with Crippen LogP contribution in [0.15, 0.2) is 46.9 Å². The predicted molar refractivity (Wildman–Crippen MR) is 125 cm³/mol. The van der Waals surface area contributed by atoms with Crippen molar-refractivity contribution in [2.24, 2.45) is 0 Å². The standard InChI is InChI=1S/C21H21Cl2N3O2S2/c22-17-2-1-14(9-18(17)23)11-26-6-7-28-15(12-26)10-25-20(27)13-30-21-16-4-8-29-19(16)3-5-24-21/h1-5,8-9,15H,6-7,10-13H2,(H,25,27). The van der Waals surface area contributed by atoms with E-state index in [1.807, 2.05) is 35.7 Å². The Balaban J connectivity index is 1.23. The quantitative estimate of drug-likeness (QED) is 0.495. The van der Waals surface area contributed by atoms with Crippen molar-refractivity contribution in [3.05, 3.63) is 57.5 Å². The Morgan fingerprint density at radius 2 is 2.20 bits per heavy atom. The zero-order valence-electron chi connectivity index (χ0n) is 16.1. The molecule has 158 valence electrons. The molecule has 1 N–H and O–H groups in total. The molecule has 0 saturated carbocycles. The molecule has 5 nitrogen and oxygen atoms in total. The molecule has 0 bridgehead atoms. The van der Waals surface area contributed by atoms with Crippen LogP contribution >= 0.6 is 46.3 Å². The number of fused-ring (bicyclic) bond motifs is 1. The molecular formula is C21H21Cl2N3O2S2. The third-order valence-electron chi connectivity index (χ3n) is 4.82. The molecule has 1 saturated heterocycles. The van der Waals surface area contributed by atoms with Gasteiger partial charge in [0.25, 0.3) is 0 Å². The zero-order chi connectivity index (χ0) is 20.9. The number of hydrogen-bond donors (Lipinski definition) is 1. The van der Waals surface area contributed by atoms with Gasteiger partial charge < -0.3 is 10.1 Å². The maximum Gasteiger partial charge on any atom is 0.230 e. The number of thiophene rings is 1. The van der Waals surface area contributed by atoms with Gasteiger partial charge in [0.1, 0.15) is 5.03 Å². The van der Waals surface area contributed by atoms with E-state index in [9.17, 15) is 4.79 Å². The fourth-order valence-corrected chi connectivity index (χ4v) is 5.35. The lowest BCUT2D eigenvalue weighted by Crippen LogP contribution is -2.47. The lowest BCUT2D eigenvalue weighted by atomic mass is 10.2. The van der Waals surface area contributed by atoms with Gasteiger partial charge in [-0.25, -0.2) is 4.98 Å². The molecule has 4 rings (SSSR count). The topological polar surface area (TPSA) is 54.5 Å². The molecule has 1 aromatic carbocycles. The summed E-state index contributed by atoms with van der Waals surface area (Å²) in [6.07, 6.45) is 1.76. The smallest absolute Gasteiger partial charge is 0.230 e. The van der Waals surface area contributed by atoms with Crippen molar-refractivity contribution in [3.63, 3.8) is 0 Å². The number of rotatable bonds is 7. The second-order valence-electron chi connectivity index (χ2n) is 7.02. The predicted octanol–water partition coefficient (Wildman–Crippen LogP) is 4.71. The van der Waals surface area contributed by atoms with E-state index in [4.69, 9.17) is 27.9 Å². The number of pyridine rings is 1. The number of morpholine rings is 1. The first-order valence-electron chi connectivity index (χ1n) is 9.58.